The maximum absolute atomic E-state index is 2.53. The van der Waals surface area contributed by atoms with Crippen molar-refractivity contribution in [1.29, 1.82) is 0 Å². The summed E-state index contributed by atoms with van der Waals surface area (Å²) >= 11 is 0. The number of fused-ring (bicyclic) bond motifs is 1. The Morgan fingerprint density at radius 1 is 0.864 bits per heavy atom. The van der Waals surface area contributed by atoms with Crippen LogP contribution in [0.5, 0.6) is 0 Å². The minimum Gasteiger partial charge on any atom is -0.0625 e. The first-order valence-corrected chi connectivity index (χ1v) is 8.79. The fraction of sp³-hybridized carbons (Fsp3) is 0.455. The van der Waals surface area contributed by atoms with Gasteiger partial charge < -0.3 is 0 Å². The van der Waals surface area contributed by atoms with Gasteiger partial charge in [-0.2, -0.15) is 0 Å². The molecule has 2 saturated carbocycles. The molecule has 0 heteroatoms. The molecule has 2 fully saturated rings. The van der Waals surface area contributed by atoms with Crippen molar-refractivity contribution < 1.29 is 0 Å². The maximum Gasteiger partial charge on any atom is -0.00382 e. The molecule has 114 valence electrons. The van der Waals surface area contributed by atoms with Crippen molar-refractivity contribution in [2.24, 2.45) is 17.8 Å². The molecule has 0 aromatic heterocycles. The topological polar surface area (TPSA) is 0 Å². The van der Waals surface area contributed by atoms with E-state index in [1.807, 2.05) is 0 Å². The molecule has 22 heavy (non-hydrogen) atoms. The van der Waals surface area contributed by atoms with Gasteiger partial charge in [0.05, 0.1) is 0 Å². The standard InChI is InChI=1S/C22H26/c1-16-13-19-20(17-9-5-3-6-10-17)15-22(2,21(19)14-16)18-11-7-4-8-12-18/h3-12,16,19-21H,13-15H2,1-2H3. The van der Waals surface area contributed by atoms with Crippen molar-refractivity contribution in [1.82, 2.24) is 0 Å². The molecule has 0 N–H and O–H groups in total. The molecule has 2 aromatic rings. The predicted molar refractivity (Wildman–Crippen MR) is 93.0 cm³/mol. The second kappa shape index (κ2) is 5.26. The molecule has 2 aliphatic carbocycles. The highest BCUT2D eigenvalue weighted by atomic mass is 14.6. The highest BCUT2D eigenvalue weighted by Crippen LogP contribution is 2.62. The van der Waals surface area contributed by atoms with Gasteiger partial charge in [0.1, 0.15) is 0 Å². The van der Waals surface area contributed by atoms with Crippen LogP contribution in [0, 0.1) is 17.8 Å². The van der Waals surface area contributed by atoms with Crippen LogP contribution >= 0.6 is 0 Å². The van der Waals surface area contributed by atoms with Gasteiger partial charge in [0.15, 0.2) is 0 Å². The second-order valence-electron chi connectivity index (χ2n) is 7.85. The first-order chi connectivity index (χ1) is 10.7. The third-order valence-electron chi connectivity index (χ3n) is 6.49. The lowest BCUT2D eigenvalue weighted by atomic mass is 9.72. The molecular formula is C22H26. The number of hydrogen-bond acceptors (Lipinski definition) is 0. The molecule has 0 heterocycles. The fourth-order valence-corrected chi connectivity index (χ4v) is 5.49. The molecule has 0 bridgehead atoms. The van der Waals surface area contributed by atoms with Crippen LogP contribution in [0.2, 0.25) is 0 Å². The van der Waals surface area contributed by atoms with E-state index < -0.39 is 0 Å². The van der Waals surface area contributed by atoms with E-state index in [0.29, 0.717) is 5.41 Å². The normalized spacial score (nSPS) is 37.2. The molecule has 5 atom stereocenters. The highest BCUT2D eigenvalue weighted by molar-refractivity contribution is 5.34. The van der Waals surface area contributed by atoms with Gasteiger partial charge in [0.25, 0.3) is 0 Å². The molecule has 5 unspecified atom stereocenters. The van der Waals surface area contributed by atoms with Crippen molar-refractivity contribution >= 4 is 0 Å². The molecule has 0 nitrogen and oxygen atoms in total. The Balaban J connectivity index is 1.76. The van der Waals surface area contributed by atoms with Gasteiger partial charge in [-0.15, -0.1) is 0 Å². The van der Waals surface area contributed by atoms with Gasteiger partial charge in [0, 0.05) is 0 Å². The van der Waals surface area contributed by atoms with E-state index in [-0.39, 0.29) is 0 Å². The van der Waals surface area contributed by atoms with E-state index in [1.165, 1.54) is 19.3 Å². The van der Waals surface area contributed by atoms with Crippen LogP contribution in [0.1, 0.15) is 50.2 Å². The van der Waals surface area contributed by atoms with Crippen LogP contribution in [0.15, 0.2) is 60.7 Å². The average Bonchev–Trinajstić information content (AvgIpc) is 3.07. The zero-order valence-electron chi connectivity index (χ0n) is 13.7. The van der Waals surface area contributed by atoms with Gasteiger partial charge in [-0.05, 0) is 59.5 Å². The fourth-order valence-electron chi connectivity index (χ4n) is 5.49. The van der Waals surface area contributed by atoms with Gasteiger partial charge in [0.2, 0.25) is 0 Å². The summed E-state index contributed by atoms with van der Waals surface area (Å²) in [5, 5.41) is 0. The minimum absolute atomic E-state index is 0.344. The summed E-state index contributed by atoms with van der Waals surface area (Å²) in [6.45, 7) is 4.98. The summed E-state index contributed by atoms with van der Waals surface area (Å²) < 4.78 is 0. The zero-order valence-corrected chi connectivity index (χ0v) is 13.7. The lowest BCUT2D eigenvalue weighted by molar-refractivity contribution is 0.309. The molecule has 2 aliphatic rings. The SMILES string of the molecule is CC1CC2C(c3ccccc3)CC(C)(c3ccccc3)C2C1. The minimum atomic E-state index is 0.344. The Morgan fingerprint density at radius 3 is 2.18 bits per heavy atom. The molecule has 0 saturated heterocycles. The van der Waals surface area contributed by atoms with E-state index in [0.717, 1.165) is 23.7 Å². The third kappa shape index (κ3) is 2.12. The van der Waals surface area contributed by atoms with Crippen molar-refractivity contribution in [2.75, 3.05) is 0 Å². The van der Waals surface area contributed by atoms with Crippen LogP contribution in [0.3, 0.4) is 0 Å². The first-order valence-electron chi connectivity index (χ1n) is 8.79. The van der Waals surface area contributed by atoms with E-state index in [4.69, 9.17) is 0 Å². The second-order valence-corrected chi connectivity index (χ2v) is 7.85. The average molecular weight is 290 g/mol. The summed E-state index contributed by atoms with van der Waals surface area (Å²) in [7, 11) is 0. The van der Waals surface area contributed by atoms with Crippen LogP contribution in [-0.2, 0) is 5.41 Å². The van der Waals surface area contributed by atoms with Crippen molar-refractivity contribution in [2.45, 2.75) is 44.4 Å². The Bertz CT molecular complexity index is 630. The molecule has 2 aromatic carbocycles. The third-order valence-corrected chi connectivity index (χ3v) is 6.49. The van der Waals surface area contributed by atoms with Crippen LogP contribution in [-0.4, -0.2) is 0 Å². The molecular weight excluding hydrogens is 264 g/mol. The molecule has 0 radical (unpaired) electrons. The summed E-state index contributed by atoms with van der Waals surface area (Å²) in [4.78, 5) is 0. The van der Waals surface area contributed by atoms with Crippen LogP contribution < -0.4 is 0 Å². The predicted octanol–water partition coefficient (Wildman–Crippen LogP) is 5.79. The van der Waals surface area contributed by atoms with Crippen molar-refractivity contribution in [3.8, 4) is 0 Å². The quantitative estimate of drug-likeness (QED) is 0.656. The number of rotatable bonds is 2. The zero-order chi connectivity index (χ0) is 15.2. The van der Waals surface area contributed by atoms with Gasteiger partial charge >= 0.3 is 0 Å². The molecule has 4 rings (SSSR count). The Hall–Kier alpha value is -1.56. The van der Waals surface area contributed by atoms with Gasteiger partial charge in [-0.3, -0.25) is 0 Å². The number of hydrogen-bond donors (Lipinski definition) is 0. The lowest BCUT2D eigenvalue weighted by Gasteiger charge is -2.32. The Kier molecular flexibility index (Phi) is 3.36. The van der Waals surface area contributed by atoms with Crippen molar-refractivity contribution in [3.63, 3.8) is 0 Å². The van der Waals surface area contributed by atoms with E-state index in [2.05, 4.69) is 74.5 Å². The molecule has 0 spiro atoms. The smallest absolute Gasteiger partial charge is 0.00382 e. The van der Waals surface area contributed by atoms with Gasteiger partial charge in [-0.1, -0.05) is 74.5 Å². The first kappa shape index (κ1) is 14.1. The van der Waals surface area contributed by atoms with E-state index in [9.17, 15) is 0 Å². The highest BCUT2D eigenvalue weighted by Gasteiger charge is 2.54. The monoisotopic (exact) mass is 290 g/mol. The maximum atomic E-state index is 2.53. The van der Waals surface area contributed by atoms with E-state index >= 15 is 0 Å². The summed E-state index contributed by atoms with van der Waals surface area (Å²) in [5.74, 6) is 3.32. The summed E-state index contributed by atoms with van der Waals surface area (Å²) in [6.07, 6.45) is 4.12. The largest absolute Gasteiger partial charge is 0.0625 e. The summed E-state index contributed by atoms with van der Waals surface area (Å²) in [5.41, 5.74) is 3.46. The van der Waals surface area contributed by atoms with E-state index in [1.54, 1.807) is 11.1 Å². The lowest BCUT2D eigenvalue weighted by Crippen LogP contribution is -2.27. The summed E-state index contributed by atoms with van der Waals surface area (Å²) in [6, 6.07) is 22.5. The Labute approximate surface area is 134 Å². The molecule has 0 aliphatic heterocycles. The van der Waals surface area contributed by atoms with Gasteiger partial charge in [-0.25, -0.2) is 0 Å². The molecule has 0 amide bonds. The van der Waals surface area contributed by atoms with Crippen LogP contribution in [0.4, 0.5) is 0 Å². The van der Waals surface area contributed by atoms with Crippen molar-refractivity contribution in [3.05, 3.63) is 71.8 Å². The van der Waals surface area contributed by atoms with Crippen LogP contribution in [0.25, 0.3) is 0 Å². The number of benzene rings is 2. The Morgan fingerprint density at radius 2 is 1.50 bits per heavy atom.